The predicted octanol–water partition coefficient (Wildman–Crippen LogP) is 1.13. The zero-order valence-electron chi connectivity index (χ0n) is 9.08. The smallest absolute Gasteiger partial charge is 0.309 e. The quantitative estimate of drug-likeness (QED) is 0.783. The summed E-state index contributed by atoms with van der Waals surface area (Å²) in [5.74, 6) is -1.49. The molecular weight excluding hydrogens is 218 g/mol. The lowest BCUT2D eigenvalue weighted by atomic mass is 9.86. The van der Waals surface area contributed by atoms with Crippen molar-refractivity contribution in [3.8, 4) is 0 Å². The molecule has 0 spiro atoms. The van der Waals surface area contributed by atoms with Crippen molar-refractivity contribution in [1.82, 2.24) is 9.97 Å². The number of carboxylic acids is 1. The Morgan fingerprint density at radius 3 is 3.18 bits per heavy atom. The Morgan fingerprint density at radius 1 is 1.47 bits per heavy atom. The van der Waals surface area contributed by atoms with Crippen molar-refractivity contribution < 1.29 is 9.90 Å². The van der Waals surface area contributed by atoms with Gasteiger partial charge in [0, 0.05) is 23.9 Å². The van der Waals surface area contributed by atoms with Crippen molar-refractivity contribution in [2.45, 2.75) is 12.3 Å². The number of allylic oxidation sites excluding steroid dienone is 1. The summed E-state index contributed by atoms with van der Waals surface area (Å²) in [6.45, 7) is 0.354. The Bertz CT molecular complexity index is 536. The van der Waals surface area contributed by atoms with Crippen molar-refractivity contribution in [2.75, 3.05) is 6.54 Å². The van der Waals surface area contributed by atoms with Crippen molar-refractivity contribution in [1.29, 1.82) is 0 Å². The van der Waals surface area contributed by atoms with E-state index in [-0.39, 0.29) is 5.92 Å². The molecule has 1 aliphatic carbocycles. The molecule has 1 aliphatic heterocycles. The molecule has 5 nitrogen and oxygen atoms in total. The summed E-state index contributed by atoms with van der Waals surface area (Å²) in [5, 5.41) is 9.23. The van der Waals surface area contributed by atoms with Gasteiger partial charge in [0.15, 0.2) is 0 Å². The van der Waals surface area contributed by atoms with Gasteiger partial charge in [-0.2, -0.15) is 0 Å². The van der Waals surface area contributed by atoms with Crippen LogP contribution in [0.2, 0.25) is 0 Å². The molecule has 2 aliphatic rings. The molecule has 0 saturated carbocycles. The van der Waals surface area contributed by atoms with E-state index in [9.17, 15) is 9.90 Å². The zero-order valence-corrected chi connectivity index (χ0v) is 9.08. The van der Waals surface area contributed by atoms with Gasteiger partial charge in [-0.15, -0.1) is 0 Å². The van der Waals surface area contributed by atoms with Gasteiger partial charge in [0.1, 0.15) is 6.33 Å². The van der Waals surface area contributed by atoms with Crippen molar-refractivity contribution in [3.63, 3.8) is 0 Å². The van der Waals surface area contributed by atoms with Crippen LogP contribution in [0.4, 0.5) is 0 Å². The normalized spacial score (nSPS) is 25.8. The zero-order chi connectivity index (χ0) is 11.8. The summed E-state index contributed by atoms with van der Waals surface area (Å²) in [4.78, 5) is 23.8. The maximum Gasteiger partial charge on any atom is 0.309 e. The van der Waals surface area contributed by atoms with E-state index in [1.807, 2.05) is 12.2 Å². The Kier molecular flexibility index (Phi) is 2.24. The SMILES string of the molecule is O=C(O)C1CN=C2CC=Cc3cncnc3C21. The minimum absolute atomic E-state index is 0.194. The lowest BCUT2D eigenvalue weighted by Crippen LogP contribution is -2.25. The fraction of sp³-hybridized carbons (Fsp3) is 0.333. The van der Waals surface area contributed by atoms with Gasteiger partial charge in [-0.25, -0.2) is 9.97 Å². The molecule has 0 bridgehead atoms. The molecule has 0 fully saturated rings. The van der Waals surface area contributed by atoms with E-state index in [1.165, 1.54) is 6.33 Å². The maximum absolute atomic E-state index is 11.2. The molecule has 0 aromatic carbocycles. The van der Waals surface area contributed by atoms with Crippen LogP contribution < -0.4 is 0 Å². The fourth-order valence-corrected chi connectivity index (χ4v) is 2.46. The number of nitrogens with zero attached hydrogens (tertiary/aromatic N) is 3. The van der Waals surface area contributed by atoms with Crippen LogP contribution in [0.3, 0.4) is 0 Å². The second-order valence-corrected chi connectivity index (χ2v) is 4.22. The second kappa shape index (κ2) is 3.76. The molecule has 17 heavy (non-hydrogen) atoms. The highest BCUT2D eigenvalue weighted by Crippen LogP contribution is 2.36. The third-order valence-corrected chi connectivity index (χ3v) is 3.26. The van der Waals surface area contributed by atoms with Crippen molar-refractivity contribution in [3.05, 3.63) is 29.9 Å². The van der Waals surface area contributed by atoms with Crippen molar-refractivity contribution >= 4 is 17.8 Å². The van der Waals surface area contributed by atoms with Crippen LogP contribution in [-0.4, -0.2) is 33.3 Å². The summed E-state index contributed by atoms with van der Waals surface area (Å²) in [6, 6.07) is 0. The molecule has 1 aromatic rings. The van der Waals surface area contributed by atoms with E-state index in [0.29, 0.717) is 13.0 Å². The molecule has 2 unspecified atom stereocenters. The van der Waals surface area contributed by atoms with Gasteiger partial charge in [-0.05, 0) is 0 Å². The average Bonchev–Trinajstić information content (AvgIpc) is 2.66. The molecule has 3 rings (SSSR count). The molecule has 2 heterocycles. The van der Waals surface area contributed by atoms with Gasteiger partial charge in [0.2, 0.25) is 0 Å². The first-order valence-corrected chi connectivity index (χ1v) is 5.50. The first-order chi connectivity index (χ1) is 8.27. The van der Waals surface area contributed by atoms with Gasteiger partial charge in [0.25, 0.3) is 0 Å². The lowest BCUT2D eigenvalue weighted by molar-refractivity contribution is -0.141. The van der Waals surface area contributed by atoms with Gasteiger partial charge < -0.3 is 5.11 Å². The first-order valence-electron chi connectivity index (χ1n) is 5.50. The summed E-state index contributed by atoms with van der Waals surface area (Å²) < 4.78 is 0. The minimum Gasteiger partial charge on any atom is -0.481 e. The summed E-state index contributed by atoms with van der Waals surface area (Å²) in [5.41, 5.74) is 2.61. The van der Waals surface area contributed by atoms with Crippen LogP contribution in [0.5, 0.6) is 0 Å². The van der Waals surface area contributed by atoms with E-state index in [1.54, 1.807) is 6.20 Å². The number of fused-ring (bicyclic) bond motifs is 3. The highest BCUT2D eigenvalue weighted by atomic mass is 16.4. The van der Waals surface area contributed by atoms with E-state index in [4.69, 9.17) is 0 Å². The Balaban J connectivity index is 2.12. The number of aromatic nitrogens is 2. The van der Waals surface area contributed by atoms with Crippen LogP contribution in [0.1, 0.15) is 23.6 Å². The summed E-state index contributed by atoms with van der Waals surface area (Å²) in [6.07, 6.45) is 7.82. The monoisotopic (exact) mass is 229 g/mol. The number of rotatable bonds is 1. The van der Waals surface area contributed by atoms with Gasteiger partial charge in [-0.3, -0.25) is 9.79 Å². The van der Waals surface area contributed by atoms with E-state index < -0.39 is 11.9 Å². The third kappa shape index (κ3) is 1.54. The molecule has 0 radical (unpaired) electrons. The summed E-state index contributed by atoms with van der Waals surface area (Å²) >= 11 is 0. The molecule has 0 saturated heterocycles. The van der Waals surface area contributed by atoms with Crippen LogP contribution in [0, 0.1) is 5.92 Å². The number of hydrogen-bond donors (Lipinski definition) is 1. The first kappa shape index (κ1) is 10.1. The van der Waals surface area contributed by atoms with E-state index in [2.05, 4.69) is 15.0 Å². The van der Waals surface area contributed by atoms with Gasteiger partial charge in [-0.1, -0.05) is 12.2 Å². The van der Waals surface area contributed by atoms with Crippen LogP contribution in [0.15, 0.2) is 23.6 Å². The van der Waals surface area contributed by atoms with E-state index in [0.717, 1.165) is 17.0 Å². The fourth-order valence-electron chi connectivity index (χ4n) is 2.46. The molecule has 1 N–H and O–H groups in total. The Labute approximate surface area is 97.9 Å². The molecular formula is C12H11N3O2. The predicted molar refractivity (Wildman–Crippen MR) is 61.9 cm³/mol. The number of carbonyl (C=O) groups is 1. The molecule has 1 aromatic heterocycles. The third-order valence-electron chi connectivity index (χ3n) is 3.26. The molecule has 0 amide bonds. The molecule has 2 atom stereocenters. The Morgan fingerprint density at radius 2 is 2.35 bits per heavy atom. The number of carboxylic acid groups (broad SMARTS) is 1. The Hall–Kier alpha value is -2.04. The number of aliphatic imine (C=N–C) groups is 1. The largest absolute Gasteiger partial charge is 0.481 e. The molecule has 5 heteroatoms. The van der Waals surface area contributed by atoms with Gasteiger partial charge >= 0.3 is 5.97 Å². The number of aliphatic carboxylic acids is 1. The van der Waals surface area contributed by atoms with Crippen LogP contribution >= 0.6 is 0 Å². The summed E-state index contributed by atoms with van der Waals surface area (Å²) in [7, 11) is 0. The van der Waals surface area contributed by atoms with Crippen LogP contribution in [-0.2, 0) is 4.79 Å². The van der Waals surface area contributed by atoms with Gasteiger partial charge in [0.05, 0.1) is 24.1 Å². The minimum atomic E-state index is -0.805. The maximum atomic E-state index is 11.2. The van der Waals surface area contributed by atoms with Crippen LogP contribution in [0.25, 0.3) is 6.08 Å². The lowest BCUT2D eigenvalue weighted by Gasteiger charge is -2.17. The van der Waals surface area contributed by atoms with Crippen molar-refractivity contribution in [2.24, 2.45) is 10.9 Å². The highest BCUT2D eigenvalue weighted by Gasteiger charge is 2.39. The topological polar surface area (TPSA) is 75.4 Å². The standard InChI is InChI=1S/C12H11N3O2/c16-12(17)8-5-14-9-3-1-2-7-4-13-6-15-11(7)10(8)9/h1-2,4,6,8,10H,3,5H2,(H,16,17). The molecule has 86 valence electrons. The van der Waals surface area contributed by atoms with E-state index >= 15 is 0 Å². The second-order valence-electron chi connectivity index (χ2n) is 4.22. The number of hydrogen-bond acceptors (Lipinski definition) is 4. The average molecular weight is 229 g/mol. The highest BCUT2D eigenvalue weighted by molar-refractivity contribution is 5.99.